The molecule has 19 heavy (non-hydrogen) atoms. The van der Waals surface area contributed by atoms with Crippen molar-refractivity contribution in [1.29, 1.82) is 0 Å². The lowest BCUT2D eigenvalue weighted by Gasteiger charge is -2.13. The van der Waals surface area contributed by atoms with E-state index in [-0.39, 0.29) is 4.90 Å². The lowest BCUT2D eigenvalue weighted by molar-refractivity contribution is 0.353. The van der Waals surface area contributed by atoms with Crippen LogP contribution in [0.4, 0.5) is 0 Å². The van der Waals surface area contributed by atoms with Gasteiger partial charge in [-0.1, -0.05) is 6.08 Å². The first-order valence-corrected chi connectivity index (χ1v) is 7.27. The minimum atomic E-state index is -3.55. The van der Waals surface area contributed by atoms with Gasteiger partial charge in [-0.25, -0.2) is 13.1 Å². The van der Waals surface area contributed by atoms with Crippen molar-refractivity contribution in [1.82, 2.24) is 4.72 Å². The lowest BCUT2D eigenvalue weighted by atomic mass is 10.2. The van der Waals surface area contributed by atoms with E-state index in [1.54, 1.807) is 19.1 Å². The van der Waals surface area contributed by atoms with Crippen molar-refractivity contribution in [3.05, 3.63) is 30.4 Å². The molecule has 0 aromatic heterocycles. The molecule has 0 spiro atoms. The van der Waals surface area contributed by atoms with Gasteiger partial charge in [-0.2, -0.15) is 0 Å². The molecule has 6 heteroatoms. The van der Waals surface area contributed by atoms with Crippen molar-refractivity contribution < 1.29 is 17.9 Å². The summed E-state index contributed by atoms with van der Waals surface area (Å²) >= 11 is 0. The highest BCUT2D eigenvalue weighted by atomic mass is 32.2. The SMILES string of the molecule is C=CCCNS(=O)(=O)c1cc(OC)c(OC)cc1C. The summed E-state index contributed by atoms with van der Waals surface area (Å²) in [6.45, 7) is 5.58. The number of ether oxygens (including phenoxy) is 2. The van der Waals surface area contributed by atoms with Gasteiger partial charge in [0.2, 0.25) is 10.0 Å². The van der Waals surface area contributed by atoms with Crippen LogP contribution in [0.25, 0.3) is 0 Å². The second-order valence-corrected chi connectivity index (χ2v) is 5.68. The van der Waals surface area contributed by atoms with Crippen LogP contribution >= 0.6 is 0 Å². The third kappa shape index (κ3) is 3.71. The number of hydrogen-bond acceptors (Lipinski definition) is 4. The third-order valence-corrected chi connectivity index (χ3v) is 4.21. The largest absolute Gasteiger partial charge is 0.493 e. The molecule has 0 bridgehead atoms. The summed E-state index contributed by atoms with van der Waals surface area (Å²) in [6.07, 6.45) is 2.23. The highest BCUT2D eigenvalue weighted by Gasteiger charge is 2.19. The van der Waals surface area contributed by atoms with Gasteiger partial charge in [-0.3, -0.25) is 0 Å². The van der Waals surface area contributed by atoms with Crippen molar-refractivity contribution in [2.75, 3.05) is 20.8 Å². The number of benzene rings is 1. The zero-order chi connectivity index (χ0) is 14.5. The van der Waals surface area contributed by atoms with Crippen LogP contribution in [0.3, 0.4) is 0 Å². The Labute approximate surface area is 114 Å². The van der Waals surface area contributed by atoms with Gasteiger partial charge >= 0.3 is 0 Å². The summed E-state index contributed by atoms with van der Waals surface area (Å²) < 4.78 is 37.1. The predicted octanol–water partition coefficient (Wildman–Crippen LogP) is 1.87. The monoisotopic (exact) mass is 285 g/mol. The Morgan fingerprint density at radius 2 is 1.84 bits per heavy atom. The van der Waals surface area contributed by atoms with Crippen molar-refractivity contribution in [2.24, 2.45) is 0 Å². The Morgan fingerprint density at radius 3 is 2.37 bits per heavy atom. The fraction of sp³-hybridized carbons (Fsp3) is 0.385. The van der Waals surface area contributed by atoms with Gasteiger partial charge in [0.05, 0.1) is 19.1 Å². The highest BCUT2D eigenvalue weighted by Crippen LogP contribution is 2.32. The zero-order valence-electron chi connectivity index (χ0n) is 11.4. The fourth-order valence-corrected chi connectivity index (χ4v) is 2.91. The minimum absolute atomic E-state index is 0.189. The second-order valence-electron chi connectivity index (χ2n) is 3.95. The quantitative estimate of drug-likeness (QED) is 0.613. The van der Waals surface area contributed by atoms with Gasteiger partial charge < -0.3 is 9.47 Å². The molecule has 0 aliphatic carbocycles. The molecule has 0 radical (unpaired) electrons. The molecule has 1 N–H and O–H groups in total. The Morgan fingerprint density at radius 1 is 1.26 bits per heavy atom. The van der Waals surface area contributed by atoms with Crippen LogP contribution in [0.15, 0.2) is 29.7 Å². The molecule has 106 valence electrons. The molecule has 1 aromatic carbocycles. The van der Waals surface area contributed by atoms with Gasteiger partial charge in [0.1, 0.15) is 0 Å². The topological polar surface area (TPSA) is 64.6 Å². The molecule has 1 rings (SSSR count). The average molecular weight is 285 g/mol. The first-order valence-electron chi connectivity index (χ1n) is 5.79. The molecule has 0 heterocycles. The van der Waals surface area contributed by atoms with Gasteiger partial charge in [0.25, 0.3) is 0 Å². The fourth-order valence-electron chi connectivity index (χ4n) is 1.62. The molecule has 0 saturated carbocycles. The van der Waals surface area contributed by atoms with E-state index < -0.39 is 10.0 Å². The number of hydrogen-bond donors (Lipinski definition) is 1. The molecule has 0 fully saturated rings. The summed E-state index contributed by atoms with van der Waals surface area (Å²) in [4.78, 5) is 0.189. The molecule has 0 atom stereocenters. The van der Waals surface area contributed by atoms with Crippen LogP contribution in [-0.4, -0.2) is 29.2 Å². The molecule has 0 aliphatic heterocycles. The molecule has 1 aromatic rings. The third-order valence-electron chi connectivity index (χ3n) is 2.61. The van der Waals surface area contributed by atoms with E-state index in [2.05, 4.69) is 11.3 Å². The van der Waals surface area contributed by atoms with Crippen molar-refractivity contribution in [3.63, 3.8) is 0 Å². The van der Waals surface area contributed by atoms with E-state index in [0.717, 1.165) is 0 Å². The smallest absolute Gasteiger partial charge is 0.240 e. The standard InChI is InChI=1S/C13H19NO4S/c1-5-6-7-14-19(15,16)13-9-12(18-4)11(17-3)8-10(13)2/h5,8-9,14H,1,6-7H2,2-4H3. The van der Waals surface area contributed by atoms with Crippen LogP contribution in [0.2, 0.25) is 0 Å². The van der Waals surface area contributed by atoms with Crippen LogP contribution in [0.5, 0.6) is 11.5 Å². The average Bonchev–Trinajstić information content (AvgIpc) is 2.38. The van der Waals surface area contributed by atoms with Gasteiger partial charge in [-0.15, -0.1) is 6.58 Å². The van der Waals surface area contributed by atoms with E-state index in [9.17, 15) is 8.42 Å². The van der Waals surface area contributed by atoms with Gasteiger partial charge in [-0.05, 0) is 25.0 Å². The van der Waals surface area contributed by atoms with E-state index in [1.807, 2.05) is 0 Å². The van der Waals surface area contributed by atoms with Crippen molar-refractivity contribution in [2.45, 2.75) is 18.2 Å². The summed E-state index contributed by atoms with van der Waals surface area (Å²) in [7, 11) is -0.579. The molecule has 0 unspecified atom stereocenters. The maximum atomic E-state index is 12.2. The summed E-state index contributed by atoms with van der Waals surface area (Å²) in [5.74, 6) is 0.891. The first kappa shape index (κ1) is 15.5. The van der Waals surface area contributed by atoms with Gasteiger partial charge in [0, 0.05) is 12.6 Å². The molecule has 5 nitrogen and oxygen atoms in total. The van der Waals surface area contributed by atoms with Crippen LogP contribution in [0, 0.1) is 6.92 Å². The number of aryl methyl sites for hydroxylation is 1. The van der Waals surface area contributed by atoms with Crippen LogP contribution < -0.4 is 14.2 Å². The Balaban J connectivity index is 3.15. The number of nitrogens with one attached hydrogen (secondary N) is 1. The first-order chi connectivity index (χ1) is 8.96. The van der Waals surface area contributed by atoms with E-state index in [0.29, 0.717) is 30.0 Å². The normalized spacial score (nSPS) is 11.1. The van der Waals surface area contributed by atoms with Crippen molar-refractivity contribution in [3.8, 4) is 11.5 Å². The van der Waals surface area contributed by atoms with E-state index >= 15 is 0 Å². The lowest BCUT2D eigenvalue weighted by Crippen LogP contribution is -2.25. The van der Waals surface area contributed by atoms with Crippen LogP contribution in [0.1, 0.15) is 12.0 Å². The summed E-state index contributed by atoms with van der Waals surface area (Å²) in [5, 5.41) is 0. The summed E-state index contributed by atoms with van der Waals surface area (Å²) in [5.41, 5.74) is 0.601. The molecule has 0 saturated heterocycles. The second kappa shape index (κ2) is 6.58. The predicted molar refractivity (Wildman–Crippen MR) is 74.3 cm³/mol. The number of sulfonamides is 1. The molecule has 0 amide bonds. The van der Waals surface area contributed by atoms with E-state index in [1.165, 1.54) is 20.3 Å². The Bertz CT molecular complexity index is 552. The molecular weight excluding hydrogens is 266 g/mol. The van der Waals surface area contributed by atoms with Crippen molar-refractivity contribution >= 4 is 10.0 Å². The van der Waals surface area contributed by atoms with Crippen LogP contribution in [-0.2, 0) is 10.0 Å². The molecular formula is C13H19NO4S. The Hall–Kier alpha value is -1.53. The maximum Gasteiger partial charge on any atom is 0.240 e. The van der Waals surface area contributed by atoms with Gasteiger partial charge in [0.15, 0.2) is 11.5 Å². The van der Waals surface area contributed by atoms with E-state index in [4.69, 9.17) is 9.47 Å². The molecule has 0 aliphatic rings. The summed E-state index contributed by atoms with van der Waals surface area (Å²) in [6, 6.07) is 3.10. The minimum Gasteiger partial charge on any atom is -0.493 e. The maximum absolute atomic E-state index is 12.2. The highest BCUT2D eigenvalue weighted by molar-refractivity contribution is 7.89. The number of rotatable bonds is 7. The number of methoxy groups -OCH3 is 2. The Kier molecular flexibility index (Phi) is 5.38. The zero-order valence-corrected chi connectivity index (χ0v) is 12.2.